The van der Waals surface area contributed by atoms with Crippen molar-refractivity contribution in [1.82, 2.24) is 5.32 Å². The number of aryl methyl sites for hydroxylation is 2. The molecule has 2 atom stereocenters. The van der Waals surface area contributed by atoms with E-state index in [1.807, 2.05) is 25.1 Å². The lowest BCUT2D eigenvalue weighted by Gasteiger charge is -2.27. The summed E-state index contributed by atoms with van der Waals surface area (Å²) in [5.74, 6) is -0.144. The molecule has 0 saturated heterocycles. The third-order valence-electron chi connectivity index (χ3n) is 5.26. The number of fused-ring (bicyclic) bond motifs is 1. The second-order valence-corrected chi connectivity index (χ2v) is 7.76. The quantitative estimate of drug-likeness (QED) is 0.599. The molecule has 29 heavy (non-hydrogen) atoms. The average molecular weight is 438 g/mol. The van der Waals surface area contributed by atoms with Crippen LogP contribution in [-0.4, -0.2) is 30.3 Å². The topological polar surface area (TPSA) is 58.6 Å². The fraction of sp³-hybridized carbons (Fsp3) is 0.435. The van der Waals surface area contributed by atoms with Crippen LogP contribution in [0.2, 0.25) is 5.02 Å². The van der Waals surface area contributed by atoms with Gasteiger partial charge in [0.2, 0.25) is 0 Å². The molecule has 0 radical (unpaired) electrons. The summed E-state index contributed by atoms with van der Waals surface area (Å²) in [5.41, 5.74) is 4.72. The van der Waals surface area contributed by atoms with E-state index in [1.165, 1.54) is 16.7 Å². The van der Waals surface area contributed by atoms with Gasteiger partial charge in [0.15, 0.2) is 0 Å². The molecule has 2 aromatic carbocycles. The lowest BCUT2D eigenvalue weighted by molar-refractivity contribution is -0.143. The SMILES string of the molecule is CCOC(=O)CCc1ccc2c(c1)C[C@H](NC[C@@H](O)c1cccc(Cl)c1)CC2.Cl. The van der Waals surface area contributed by atoms with Crippen molar-refractivity contribution in [3.05, 3.63) is 69.7 Å². The van der Waals surface area contributed by atoms with E-state index in [9.17, 15) is 9.90 Å². The van der Waals surface area contributed by atoms with E-state index >= 15 is 0 Å². The highest BCUT2D eigenvalue weighted by atomic mass is 35.5. The van der Waals surface area contributed by atoms with E-state index < -0.39 is 6.10 Å². The summed E-state index contributed by atoms with van der Waals surface area (Å²) in [5, 5.41) is 14.6. The Morgan fingerprint density at radius 1 is 1.28 bits per heavy atom. The number of rotatable bonds is 8. The summed E-state index contributed by atoms with van der Waals surface area (Å²) in [6.07, 6.45) is 3.56. The zero-order chi connectivity index (χ0) is 19.9. The van der Waals surface area contributed by atoms with Crippen molar-refractivity contribution in [2.24, 2.45) is 0 Å². The largest absolute Gasteiger partial charge is 0.466 e. The van der Waals surface area contributed by atoms with Crippen molar-refractivity contribution in [2.75, 3.05) is 13.2 Å². The molecule has 2 aromatic rings. The van der Waals surface area contributed by atoms with Crippen LogP contribution >= 0.6 is 24.0 Å². The van der Waals surface area contributed by atoms with E-state index in [4.69, 9.17) is 16.3 Å². The van der Waals surface area contributed by atoms with Gasteiger partial charge in [0, 0.05) is 24.0 Å². The minimum atomic E-state index is -0.573. The van der Waals surface area contributed by atoms with Crippen LogP contribution in [0.15, 0.2) is 42.5 Å². The number of ether oxygens (including phenoxy) is 1. The molecular weight excluding hydrogens is 409 g/mol. The van der Waals surface area contributed by atoms with Gasteiger partial charge in [-0.05, 0) is 67.0 Å². The van der Waals surface area contributed by atoms with Crippen molar-refractivity contribution >= 4 is 30.0 Å². The third kappa shape index (κ3) is 7.00. The number of aliphatic hydroxyl groups is 1. The molecule has 0 aliphatic heterocycles. The lowest BCUT2D eigenvalue weighted by Crippen LogP contribution is -2.37. The molecule has 0 amide bonds. The molecule has 158 valence electrons. The Hall–Kier alpha value is -1.59. The van der Waals surface area contributed by atoms with Gasteiger partial charge >= 0.3 is 5.97 Å². The van der Waals surface area contributed by atoms with Gasteiger partial charge in [0.05, 0.1) is 12.7 Å². The predicted molar refractivity (Wildman–Crippen MR) is 119 cm³/mol. The van der Waals surface area contributed by atoms with Gasteiger partial charge in [0.25, 0.3) is 0 Å². The number of carbonyl (C=O) groups is 1. The molecule has 0 fully saturated rings. The normalized spacial score (nSPS) is 16.4. The first-order valence-corrected chi connectivity index (χ1v) is 10.4. The summed E-state index contributed by atoms with van der Waals surface area (Å²) in [7, 11) is 0. The monoisotopic (exact) mass is 437 g/mol. The van der Waals surface area contributed by atoms with Crippen LogP contribution in [0.5, 0.6) is 0 Å². The van der Waals surface area contributed by atoms with E-state index in [0.29, 0.717) is 37.1 Å². The maximum Gasteiger partial charge on any atom is 0.306 e. The molecular formula is C23H29Cl2NO3. The predicted octanol–water partition coefficient (Wildman–Crippen LogP) is 4.44. The first-order chi connectivity index (χ1) is 13.5. The highest BCUT2D eigenvalue weighted by Gasteiger charge is 2.20. The zero-order valence-electron chi connectivity index (χ0n) is 16.7. The van der Waals surface area contributed by atoms with Crippen LogP contribution < -0.4 is 5.32 Å². The van der Waals surface area contributed by atoms with Crippen LogP contribution in [0.1, 0.15) is 48.1 Å². The molecule has 3 rings (SSSR count). The molecule has 0 aromatic heterocycles. The standard InChI is InChI=1S/C23H28ClNO3.ClH/c1-2-28-23(27)11-7-16-6-8-17-9-10-21(14-19(17)12-16)25-15-22(26)18-4-3-5-20(24)13-18;/h3-6,8,12-13,21-22,25-26H,2,7,9-11,14-15H2,1H3;1H/t21-,22-;/m1./s1. The third-order valence-corrected chi connectivity index (χ3v) is 5.49. The molecule has 2 N–H and O–H groups in total. The number of halogens is 2. The molecule has 6 heteroatoms. The van der Waals surface area contributed by atoms with Crippen LogP contribution in [0, 0.1) is 0 Å². The van der Waals surface area contributed by atoms with E-state index in [-0.39, 0.29) is 18.4 Å². The number of aliphatic hydroxyl groups excluding tert-OH is 1. The van der Waals surface area contributed by atoms with Gasteiger partial charge in [-0.1, -0.05) is 41.9 Å². The van der Waals surface area contributed by atoms with Gasteiger partial charge in [-0.3, -0.25) is 4.79 Å². The Kier molecular flexibility index (Phi) is 9.44. The van der Waals surface area contributed by atoms with Gasteiger partial charge in [0.1, 0.15) is 0 Å². The first kappa shape index (κ1) is 23.7. The molecule has 0 bridgehead atoms. The summed E-state index contributed by atoms with van der Waals surface area (Å²) in [6, 6.07) is 14.2. The van der Waals surface area contributed by atoms with Crippen molar-refractivity contribution in [3.8, 4) is 0 Å². The maximum atomic E-state index is 11.6. The Morgan fingerprint density at radius 2 is 2.10 bits per heavy atom. The highest BCUT2D eigenvalue weighted by Crippen LogP contribution is 2.24. The Labute approximate surface area is 184 Å². The Bertz CT molecular complexity index is 812. The maximum absolute atomic E-state index is 11.6. The van der Waals surface area contributed by atoms with Crippen molar-refractivity contribution in [2.45, 2.75) is 51.2 Å². The molecule has 4 nitrogen and oxygen atoms in total. The van der Waals surface area contributed by atoms with Gasteiger partial charge in [-0.2, -0.15) is 0 Å². The van der Waals surface area contributed by atoms with Crippen LogP contribution in [0.25, 0.3) is 0 Å². The minimum Gasteiger partial charge on any atom is -0.466 e. The zero-order valence-corrected chi connectivity index (χ0v) is 18.3. The second kappa shape index (κ2) is 11.6. The van der Waals surface area contributed by atoms with Gasteiger partial charge in [-0.25, -0.2) is 0 Å². The fourth-order valence-electron chi connectivity index (χ4n) is 3.73. The highest BCUT2D eigenvalue weighted by molar-refractivity contribution is 6.30. The van der Waals surface area contributed by atoms with E-state index in [1.54, 1.807) is 6.07 Å². The van der Waals surface area contributed by atoms with E-state index in [2.05, 4.69) is 23.5 Å². The average Bonchev–Trinajstić information content (AvgIpc) is 2.70. The summed E-state index contributed by atoms with van der Waals surface area (Å²) >= 11 is 6.01. The summed E-state index contributed by atoms with van der Waals surface area (Å²) < 4.78 is 5.01. The number of carbonyl (C=O) groups excluding carboxylic acids is 1. The van der Waals surface area contributed by atoms with Crippen molar-refractivity contribution < 1.29 is 14.6 Å². The number of hydrogen-bond acceptors (Lipinski definition) is 4. The minimum absolute atomic E-state index is 0. The Balaban J connectivity index is 0.00000300. The van der Waals surface area contributed by atoms with Gasteiger partial charge < -0.3 is 15.2 Å². The Morgan fingerprint density at radius 3 is 2.86 bits per heavy atom. The van der Waals surface area contributed by atoms with Gasteiger partial charge in [-0.15, -0.1) is 12.4 Å². The van der Waals surface area contributed by atoms with E-state index in [0.717, 1.165) is 24.8 Å². The summed E-state index contributed by atoms with van der Waals surface area (Å²) in [6.45, 7) is 2.76. The van der Waals surface area contributed by atoms with Crippen molar-refractivity contribution in [3.63, 3.8) is 0 Å². The number of esters is 1. The molecule has 0 saturated carbocycles. The molecule has 0 spiro atoms. The number of nitrogens with one attached hydrogen (secondary N) is 1. The summed E-state index contributed by atoms with van der Waals surface area (Å²) in [4.78, 5) is 11.6. The first-order valence-electron chi connectivity index (χ1n) is 9.98. The van der Waals surface area contributed by atoms with Crippen LogP contribution in [-0.2, 0) is 28.8 Å². The molecule has 1 aliphatic carbocycles. The van der Waals surface area contributed by atoms with Crippen LogP contribution in [0.4, 0.5) is 0 Å². The smallest absolute Gasteiger partial charge is 0.306 e. The second-order valence-electron chi connectivity index (χ2n) is 7.33. The number of benzene rings is 2. The molecule has 1 aliphatic rings. The van der Waals surface area contributed by atoms with Crippen molar-refractivity contribution in [1.29, 1.82) is 0 Å². The number of hydrogen-bond donors (Lipinski definition) is 2. The molecule has 0 unspecified atom stereocenters. The lowest BCUT2D eigenvalue weighted by atomic mass is 9.86. The molecule has 0 heterocycles. The fourth-order valence-corrected chi connectivity index (χ4v) is 3.93. The van der Waals surface area contributed by atoms with Crippen LogP contribution in [0.3, 0.4) is 0 Å².